The highest BCUT2D eigenvalue weighted by Crippen LogP contribution is 2.82. The standard InChI is InChI=1S/C10H4F16P2/c11-1-2(27,5(16,17)8(22,23)7(20,21)3(1,12)13)6(18,19)9(24,25)10(26,28)4(1,14)15/h27-28H2. The number of hydrogen-bond donors (Lipinski definition) is 0. The maximum atomic E-state index is 14.7. The summed E-state index contributed by atoms with van der Waals surface area (Å²) >= 11 is 0. The third-order valence-corrected chi connectivity index (χ3v) is 6.74. The molecule has 0 heterocycles. The highest BCUT2D eigenvalue weighted by Gasteiger charge is 3.11. The molecule has 2 aliphatic rings. The van der Waals surface area contributed by atoms with Crippen LogP contribution in [0.25, 0.3) is 0 Å². The van der Waals surface area contributed by atoms with E-state index in [1.54, 1.807) is 0 Å². The van der Waals surface area contributed by atoms with Crippen LogP contribution in [0.3, 0.4) is 0 Å². The van der Waals surface area contributed by atoms with Crippen LogP contribution in [0, 0.1) is 0 Å². The van der Waals surface area contributed by atoms with E-state index in [0.717, 1.165) is 0 Å². The Morgan fingerprint density at radius 2 is 0.607 bits per heavy atom. The number of hydrogen-bond acceptors (Lipinski definition) is 0. The second-order valence-corrected chi connectivity index (χ2v) is 7.86. The van der Waals surface area contributed by atoms with Crippen LogP contribution in [0.4, 0.5) is 70.2 Å². The van der Waals surface area contributed by atoms with Crippen molar-refractivity contribution < 1.29 is 70.2 Å². The van der Waals surface area contributed by atoms with Crippen molar-refractivity contribution in [1.82, 2.24) is 0 Å². The van der Waals surface area contributed by atoms with Crippen LogP contribution in [0.15, 0.2) is 0 Å². The highest BCUT2D eigenvalue weighted by atomic mass is 31.0. The summed E-state index contributed by atoms with van der Waals surface area (Å²) in [4.78, 5) is 0. The van der Waals surface area contributed by atoms with Gasteiger partial charge in [-0.15, -0.1) is 9.24 Å². The average Bonchev–Trinajstić information content (AvgIpc) is 2.49. The first kappa shape index (κ1) is 24.0. The zero-order chi connectivity index (χ0) is 23.0. The van der Waals surface area contributed by atoms with Gasteiger partial charge in [0, 0.05) is 0 Å². The maximum Gasteiger partial charge on any atom is 0.381 e. The van der Waals surface area contributed by atoms with E-state index < -0.39 is 76.2 Å². The Morgan fingerprint density at radius 3 is 0.964 bits per heavy atom. The molecule has 0 bridgehead atoms. The Labute approximate surface area is 147 Å². The van der Waals surface area contributed by atoms with Crippen molar-refractivity contribution in [2.24, 2.45) is 0 Å². The molecule has 5 unspecified atom stereocenters. The van der Waals surface area contributed by atoms with Crippen molar-refractivity contribution in [3.8, 4) is 0 Å². The lowest BCUT2D eigenvalue weighted by molar-refractivity contribution is -0.506. The van der Waals surface area contributed by atoms with Crippen molar-refractivity contribution in [1.29, 1.82) is 0 Å². The molecule has 2 aliphatic carbocycles. The number of halogens is 16. The molecule has 0 radical (unpaired) electrons. The lowest BCUT2D eigenvalue weighted by atomic mass is 9.56. The van der Waals surface area contributed by atoms with Crippen LogP contribution in [0.2, 0.25) is 0 Å². The molecular weight excluding hydrogens is 486 g/mol. The monoisotopic (exact) mass is 490 g/mol. The van der Waals surface area contributed by atoms with Gasteiger partial charge in [-0.05, 0) is 0 Å². The molecular formula is C10H4F16P2. The SMILES string of the molecule is FC1(F)C(F)(F)C(F)(F)C2(P)C(F)(F)C(F)(F)C(F)(P)C(F)(F)C2(F)C1(F)F. The van der Waals surface area contributed by atoms with Gasteiger partial charge < -0.3 is 0 Å². The Hall–Kier alpha value is -0.260. The number of fused-ring (bicyclic) bond motifs is 1. The van der Waals surface area contributed by atoms with E-state index in [9.17, 15) is 70.2 Å². The molecule has 0 amide bonds. The van der Waals surface area contributed by atoms with Gasteiger partial charge in [0.05, 0.1) is 0 Å². The first-order valence-electron chi connectivity index (χ1n) is 6.35. The largest absolute Gasteiger partial charge is 0.381 e. The summed E-state index contributed by atoms with van der Waals surface area (Å²) in [5.74, 6) is -53.4. The van der Waals surface area contributed by atoms with Gasteiger partial charge in [0.1, 0.15) is 0 Å². The fourth-order valence-corrected chi connectivity index (χ4v) is 4.21. The molecule has 2 saturated carbocycles. The average molecular weight is 490 g/mol. The van der Waals surface area contributed by atoms with Crippen molar-refractivity contribution >= 4 is 18.5 Å². The molecule has 166 valence electrons. The van der Waals surface area contributed by atoms with Crippen LogP contribution in [-0.4, -0.2) is 57.7 Å². The minimum absolute atomic E-state index is 0.531. The van der Waals surface area contributed by atoms with Gasteiger partial charge in [-0.2, -0.15) is 61.5 Å². The Kier molecular flexibility index (Phi) is 4.26. The van der Waals surface area contributed by atoms with Gasteiger partial charge in [-0.25, -0.2) is 8.78 Å². The van der Waals surface area contributed by atoms with Crippen LogP contribution in [-0.2, 0) is 0 Å². The van der Waals surface area contributed by atoms with Gasteiger partial charge in [0.2, 0.25) is 0 Å². The minimum Gasteiger partial charge on any atom is -0.228 e. The maximum absolute atomic E-state index is 14.7. The minimum atomic E-state index is -7.90. The van der Waals surface area contributed by atoms with Crippen LogP contribution >= 0.6 is 18.5 Å². The molecule has 0 saturated heterocycles. The smallest absolute Gasteiger partial charge is 0.228 e. The van der Waals surface area contributed by atoms with E-state index in [1.807, 2.05) is 0 Å². The summed E-state index contributed by atoms with van der Waals surface area (Å²) in [6, 6.07) is 0. The molecule has 0 spiro atoms. The summed E-state index contributed by atoms with van der Waals surface area (Å²) in [6.45, 7) is 0. The normalized spacial score (nSPS) is 46.5. The van der Waals surface area contributed by atoms with Gasteiger partial charge in [-0.1, -0.05) is 9.24 Å². The van der Waals surface area contributed by atoms with E-state index in [0.29, 0.717) is 0 Å². The summed E-state index contributed by atoms with van der Waals surface area (Å²) in [6.07, 6.45) is 0. The molecule has 0 nitrogen and oxygen atoms in total. The number of rotatable bonds is 0. The fraction of sp³-hybridized carbons (Fsp3) is 1.00. The molecule has 2 rings (SSSR count). The quantitative estimate of drug-likeness (QED) is 0.319. The Morgan fingerprint density at radius 1 is 0.321 bits per heavy atom. The molecule has 0 aliphatic heterocycles. The van der Waals surface area contributed by atoms with Gasteiger partial charge >= 0.3 is 41.5 Å². The lowest BCUT2D eigenvalue weighted by Gasteiger charge is -2.66. The van der Waals surface area contributed by atoms with Gasteiger partial charge in [0.25, 0.3) is 11.1 Å². The predicted octanol–water partition coefficient (Wildman–Crippen LogP) is 5.32. The molecule has 0 aromatic carbocycles. The zero-order valence-corrected chi connectivity index (χ0v) is 14.5. The van der Waals surface area contributed by atoms with Crippen molar-refractivity contribution in [2.45, 2.75) is 57.7 Å². The summed E-state index contributed by atoms with van der Waals surface area (Å²) < 4.78 is 221. The van der Waals surface area contributed by atoms with Crippen LogP contribution in [0.1, 0.15) is 0 Å². The van der Waals surface area contributed by atoms with E-state index in [-0.39, 0.29) is 0 Å². The second-order valence-electron chi connectivity index (χ2n) is 6.20. The lowest BCUT2D eigenvalue weighted by Crippen LogP contribution is -2.97. The van der Waals surface area contributed by atoms with Crippen molar-refractivity contribution in [3.05, 3.63) is 0 Å². The molecule has 0 aromatic heterocycles. The fourth-order valence-electron chi connectivity index (χ4n) is 3.10. The Bertz CT molecular complexity index is 596. The molecule has 0 N–H and O–H groups in total. The third kappa shape index (κ3) is 1.62. The predicted molar refractivity (Wildman–Crippen MR) is 64.5 cm³/mol. The Balaban J connectivity index is 3.23. The summed E-state index contributed by atoms with van der Waals surface area (Å²) in [5.41, 5.74) is -7.66. The van der Waals surface area contributed by atoms with Crippen molar-refractivity contribution in [3.63, 3.8) is 0 Å². The van der Waals surface area contributed by atoms with Crippen LogP contribution < -0.4 is 0 Å². The van der Waals surface area contributed by atoms with E-state index in [1.165, 1.54) is 0 Å². The van der Waals surface area contributed by atoms with E-state index >= 15 is 0 Å². The van der Waals surface area contributed by atoms with Gasteiger partial charge in [0.15, 0.2) is 5.16 Å². The zero-order valence-electron chi connectivity index (χ0n) is 12.2. The molecule has 18 heteroatoms. The van der Waals surface area contributed by atoms with Crippen molar-refractivity contribution in [2.75, 3.05) is 0 Å². The van der Waals surface area contributed by atoms with E-state index in [2.05, 4.69) is 0 Å². The summed E-state index contributed by atoms with van der Waals surface area (Å²) in [7, 11) is -1.27. The summed E-state index contributed by atoms with van der Waals surface area (Å²) in [5, 5.41) is -13.6. The van der Waals surface area contributed by atoms with E-state index in [4.69, 9.17) is 0 Å². The molecule has 5 atom stereocenters. The topological polar surface area (TPSA) is 0 Å². The highest BCUT2D eigenvalue weighted by molar-refractivity contribution is 7.20. The molecule has 28 heavy (non-hydrogen) atoms. The number of alkyl halides is 16. The van der Waals surface area contributed by atoms with Crippen LogP contribution in [0.5, 0.6) is 0 Å². The first-order chi connectivity index (χ1) is 11.8. The first-order valence-corrected chi connectivity index (χ1v) is 7.51. The second kappa shape index (κ2) is 4.96. The molecule has 0 aromatic rings. The third-order valence-electron chi connectivity index (χ3n) is 4.89. The molecule has 2 fully saturated rings. The van der Waals surface area contributed by atoms with Gasteiger partial charge in [-0.3, -0.25) is 0 Å².